The zero-order valence-corrected chi connectivity index (χ0v) is 12.1. The molecule has 2 N–H and O–H groups in total. The number of halogens is 1. The Balaban J connectivity index is 2.00. The quantitative estimate of drug-likeness (QED) is 0.889. The van der Waals surface area contributed by atoms with Crippen LogP contribution in [-0.2, 0) is 6.54 Å². The van der Waals surface area contributed by atoms with Gasteiger partial charge < -0.3 is 10.6 Å². The van der Waals surface area contributed by atoms with E-state index in [2.05, 4.69) is 15.6 Å². The summed E-state index contributed by atoms with van der Waals surface area (Å²) in [5, 5.41) is 5.98. The first-order chi connectivity index (χ1) is 10.0. The highest BCUT2D eigenvalue weighted by molar-refractivity contribution is 5.94. The van der Waals surface area contributed by atoms with Crippen molar-refractivity contribution in [1.29, 1.82) is 0 Å². The molecule has 21 heavy (non-hydrogen) atoms. The fourth-order valence-electron chi connectivity index (χ4n) is 1.81. The van der Waals surface area contributed by atoms with E-state index in [0.717, 1.165) is 11.3 Å². The molecule has 110 valence electrons. The molecule has 5 heteroatoms. The molecule has 0 fully saturated rings. The second-order valence-electron chi connectivity index (χ2n) is 5.07. The molecule has 0 bridgehead atoms. The molecule has 0 aliphatic carbocycles. The summed E-state index contributed by atoms with van der Waals surface area (Å²) in [7, 11) is 0. The van der Waals surface area contributed by atoms with Crippen molar-refractivity contribution in [3.05, 3.63) is 59.7 Å². The molecule has 0 unspecified atom stereocenters. The van der Waals surface area contributed by atoms with E-state index < -0.39 is 0 Å². The fraction of sp³-hybridized carbons (Fsp3) is 0.250. The lowest BCUT2D eigenvalue weighted by atomic mass is 10.2. The minimum Gasteiger partial charge on any atom is -0.380 e. The first kappa shape index (κ1) is 15.0. The number of nitrogens with zero attached hydrogens (tertiary/aromatic N) is 1. The van der Waals surface area contributed by atoms with Gasteiger partial charge in [-0.3, -0.25) is 9.78 Å². The summed E-state index contributed by atoms with van der Waals surface area (Å²) in [6.07, 6.45) is 3.18. The molecular formula is C16H18FN3O. The summed E-state index contributed by atoms with van der Waals surface area (Å²) in [6.45, 7) is 4.35. The van der Waals surface area contributed by atoms with Gasteiger partial charge in [-0.25, -0.2) is 4.39 Å². The van der Waals surface area contributed by atoms with Crippen LogP contribution in [0.25, 0.3) is 0 Å². The van der Waals surface area contributed by atoms with Crippen molar-refractivity contribution in [3.63, 3.8) is 0 Å². The number of carbonyl (C=O) groups is 1. The van der Waals surface area contributed by atoms with Gasteiger partial charge in [0.1, 0.15) is 5.82 Å². The SMILES string of the molecule is CC(C)NC(=O)c1cncc(NCc2ccc(F)cc2)c1. The van der Waals surface area contributed by atoms with Gasteiger partial charge in [0.25, 0.3) is 5.91 Å². The van der Waals surface area contributed by atoms with E-state index in [1.165, 1.54) is 18.3 Å². The number of aromatic nitrogens is 1. The maximum Gasteiger partial charge on any atom is 0.253 e. The van der Waals surface area contributed by atoms with Crippen LogP contribution in [-0.4, -0.2) is 16.9 Å². The van der Waals surface area contributed by atoms with Crippen LogP contribution in [0.1, 0.15) is 29.8 Å². The second kappa shape index (κ2) is 6.83. The third-order valence-corrected chi connectivity index (χ3v) is 2.83. The number of pyridine rings is 1. The maximum absolute atomic E-state index is 12.8. The van der Waals surface area contributed by atoms with Crippen LogP contribution >= 0.6 is 0 Å². The number of rotatable bonds is 5. The largest absolute Gasteiger partial charge is 0.380 e. The number of hydrogen-bond acceptors (Lipinski definition) is 3. The zero-order chi connectivity index (χ0) is 15.2. The molecule has 2 rings (SSSR count). The summed E-state index contributed by atoms with van der Waals surface area (Å²) in [4.78, 5) is 16.0. The minimum absolute atomic E-state index is 0.0772. The smallest absolute Gasteiger partial charge is 0.253 e. The molecule has 0 radical (unpaired) electrons. The minimum atomic E-state index is -0.257. The molecule has 4 nitrogen and oxygen atoms in total. The molecule has 1 aromatic carbocycles. The van der Waals surface area contributed by atoms with E-state index in [-0.39, 0.29) is 17.8 Å². The average molecular weight is 287 g/mol. The first-order valence-corrected chi connectivity index (χ1v) is 6.79. The summed E-state index contributed by atoms with van der Waals surface area (Å²) in [5.74, 6) is -0.407. The van der Waals surface area contributed by atoms with Gasteiger partial charge in [-0.1, -0.05) is 12.1 Å². The van der Waals surface area contributed by atoms with E-state index in [9.17, 15) is 9.18 Å². The van der Waals surface area contributed by atoms with Crippen molar-refractivity contribution in [1.82, 2.24) is 10.3 Å². The van der Waals surface area contributed by atoms with E-state index in [0.29, 0.717) is 12.1 Å². The van der Waals surface area contributed by atoms with E-state index in [1.54, 1.807) is 24.4 Å². The van der Waals surface area contributed by atoms with Crippen molar-refractivity contribution in [2.24, 2.45) is 0 Å². The number of nitrogens with one attached hydrogen (secondary N) is 2. The van der Waals surface area contributed by atoms with Gasteiger partial charge in [0, 0.05) is 25.0 Å². The fourth-order valence-corrected chi connectivity index (χ4v) is 1.81. The predicted molar refractivity (Wildman–Crippen MR) is 80.6 cm³/mol. The maximum atomic E-state index is 12.8. The molecule has 0 atom stereocenters. The summed E-state index contributed by atoms with van der Waals surface area (Å²) in [6, 6.07) is 8.09. The molecular weight excluding hydrogens is 269 g/mol. The van der Waals surface area contributed by atoms with E-state index in [1.807, 2.05) is 13.8 Å². The van der Waals surface area contributed by atoms with Gasteiger partial charge in [-0.05, 0) is 37.6 Å². The Bertz CT molecular complexity index is 611. The highest BCUT2D eigenvalue weighted by Gasteiger charge is 2.08. The van der Waals surface area contributed by atoms with Crippen molar-refractivity contribution in [2.75, 3.05) is 5.32 Å². The topological polar surface area (TPSA) is 54.0 Å². The highest BCUT2D eigenvalue weighted by Crippen LogP contribution is 2.11. The Hall–Kier alpha value is -2.43. The van der Waals surface area contributed by atoms with Gasteiger partial charge in [0.15, 0.2) is 0 Å². The zero-order valence-electron chi connectivity index (χ0n) is 12.1. The third kappa shape index (κ3) is 4.56. The summed E-state index contributed by atoms with van der Waals surface area (Å²) in [5.41, 5.74) is 2.21. The normalized spacial score (nSPS) is 10.5. The van der Waals surface area contributed by atoms with E-state index >= 15 is 0 Å². The Morgan fingerprint density at radius 1 is 1.24 bits per heavy atom. The molecule has 0 aliphatic rings. The molecule has 0 spiro atoms. The van der Waals surface area contributed by atoms with Crippen LogP contribution in [0.3, 0.4) is 0 Å². The third-order valence-electron chi connectivity index (χ3n) is 2.83. The first-order valence-electron chi connectivity index (χ1n) is 6.79. The monoisotopic (exact) mass is 287 g/mol. The van der Waals surface area contributed by atoms with Crippen LogP contribution in [0, 0.1) is 5.82 Å². The predicted octanol–water partition coefficient (Wildman–Crippen LogP) is 2.97. The van der Waals surface area contributed by atoms with E-state index in [4.69, 9.17) is 0 Å². The number of carbonyl (C=O) groups excluding carboxylic acids is 1. The molecule has 0 aliphatic heterocycles. The number of amides is 1. The molecule has 0 saturated heterocycles. The average Bonchev–Trinajstić information content (AvgIpc) is 2.46. The lowest BCUT2D eigenvalue weighted by Gasteiger charge is -2.10. The van der Waals surface area contributed by atoms with Crippen molar-refractivity contribution < 1.29 is 9.18 Å². The molecule has 2 aromatic rings. The van der Waals surface area contributed by atoms with Crippen molar-refractivity contribution in [2.45, 2.75) is 26.4 Å². The molecule has 0 saturated carbocycles. The van der Waals surface area contributed by atoms with Crippen molar-refractivity contribution >= 4 is 11.6 Å². The van der Waals surface area contributed by atoms with Crippen LogP contribution in [0.2, 0.25) is 0 Å². The van der Waals surface area contributed by atoms with Gasteiger partial charge >= 0.3 is 0 Å². The Morgan fingerprint density at radius 3 is 2.62 bits per heavy atom. The van der Waals surface area contributed by atoms with Gasteiger partial charge in [-0.15, -0.1) is 0 Å². The van der Waals surface area contributed by atoms with Crippen LogP contribution in [0.5, 0.6) is 0 Å². The standard InChI is InChI=1S/C16H18FN3O/c1-11(2)20-16(21)13-7-15(10-18-9-13)19-8-12-3-5-14(17)6-4-12/h3-7,9-11,19H,8H2,1-2H3,(H,20,21). The molecule has 1 aromatic heterocycles. The number of benzene rings is 1. The Labute approximate surface area is 123 Å². The lowest BCUT2D eigenvalue weighted by Crippen LogP contribution is -2.30. The lowest BCUT2D eigenvalue weighted by molar-refractivity contribution is 0.0943. The summed E-state index contributed by atoms with van der Waals surface area (Å²) < 4.78 is 12.8. The Morgan fingerprint density at radius 2 is 1.95 bits per heavy atom. The van der Waals surface area contributed by atoms with Crippen LogP contribution in [0.4, 0.5) is 10.1 Å². The second-order valence-corrected chi connectivity index (χ2v) is 5.07. The summed E-state index contributed by atoms with van der Waals surface area (Å²) >= 11 is 0. The van der Waals surface area contributed by atoms with Crippen LogP contribution in [0.15, 0.2) is 42.7 Å². The van der Waals surface area contributed by atoms with Gasteiger partial charge in [0.2, 0.25) is 0 Å². The van der Waals surface area contributed by atoms with Gasteiger partial charge in [0.05, 0.1) is 11.3 Å². The van der Waals surface area contributed by atoms with Crippen LogP contribution < -0.4 is 10.6 Å². The highest BCUT2D eigenvalue weighted by atomic mass is 19.1. The molecule has 1 amide bonds. The van der Waals surface area contributed by atoms with Crippen molar-refractivity contribution in [3.8, 4) is 0 Å². The van der Waals surface area contributed by atoms with Gasteiger partial charge in [-0.2, -0.15) is 0 Å². The molecule has 1 heterocycles. The number of anilines is 1. The number of hydrogen-bond donors (Lipinski definition) is 2. The Kier molecular flexibility index (Phi) is 4.87.